The maximum absolute atomic E-state index is 12.6. The van der Waals surface area contributed by atoms with Crippen molar-refractivity contribution < 1.29 is 19.1 Å². The van der Waals surface area contributed by atoms with Crippen LogP contribution in [0.2, 0.25) is 0 Å². The zero-order valence-corrected chi connectivity index (χ0v) is 20.6. The molecule has 0 aromatic heterocycles. The van der Waals surface area contributed by atoms with E-state index in [-0.39, 0.29) is 11.8 Å². The number of unbranched alkanes of at least 4 members (excludes halogenated alkanes) is 1. The van der Waals surface area contributed by atoms with Crippen molar-refractivity contribution in [2.75, 3.05) is 47.1 Å². The van der Waals surface area contributed by atoms with E-state index in [1.54, 1.807) is 32.4 Å². The second-order valence-electron chi connectivity index (χ2n) is 8.43. The molecule has 0 spiro atoms. The first-order valence-electron chi connectivity index (χ1n) is 12.0. The van der Waals surface area contributed by atoms with Gasteiger partial charge in [0.15, 0.2) is 0 Å². The smallest absolute Gasteiger partial charge is 0.247 e. The molecule has 0 bridgehead atoms. The van der Waals surface area contributed by atoms with E-state index in [2.05, 4.69) is 10.2 Å². The number of hydrogen-bond donors (Lipinski definition) is 1. The number of amides is 2. The van der Waals surface area contributed by atoms with Crippen molar-refractivity contribution in [1.29, 1.82) is 0 Å². The summed E-state index contributed by atoms with van der Waals surface area (Å²) in [6.07, 6.45) is 9.64. The molecular weight excluding hydrogens is 442 g/mol. The normalized spacial score (nSPS) is 14.4. The summed E-state index contributed by atoms with van der Waals surface area (Å²) in [5.74, 6) is 1.52. The summed E-state index contributed by atoms with van der Waals surface area (Å²) < 4.78 is 10.3. The highest BCUT2D eigenvalue weighted by molar-refractivity contribution is 5.92. The molecule has 1 fully saturated rings. The van der Waals surface area contributed by atoms with Gasteiger partial charge in [-0.1, -0.05) is 24.3 Å². The Hall–Kier alpha value is -3.58. The lowest BCUT2D eigenvalue weighted by Gasteiger charge is -2.35. The van der Waals surface area contributed by atoms with Crippen LogP contribution in [0.25, 0.3) is 12.2 Å². The standard InChI is InChI=1S/C28H35N3O4/c1-34-25-12-6-23(7-13-25)10-16-27(32)29-18-3-4-19-30-20-5-21-31(22-30)28(33)17-11-24-8-14-26(35-2)15-9-24/h6-17H,3-5,18-22H2,1-2H3,(H,29,32)/b16-10+,17-11+. The molecule has 0 saturated carbocycles. The van der Waals surface area contributed by atoms with Gasteiger partial charge in [0.25, 0.3) is 0 Å². The van der Waals surface area contributed by atoms with Gasteiger partial charge in [0.1, 0.15) is 11.5 Å². The van der Waals surface area contributed by atoms with Crippen LogP contribution in [-0.2, 0) is 9.59 Å². The van der Waals surface area contributed by atoms with Gasteiger partial charge in [0.05, 0.1) is 20.9 Å². The molecule has 7 nitrogen and oxygen atoms in total. The number of methoxy groups -OCH3 is 2. The number of nitrogens with zero attached hydrogens (tertiary/aromatic N) is 2. The second-order valence-corrected chi connectivity index (χ2v) is 8.43. The van der Waals surface area contributed by atoms with Gasteiger partial charge in [0, 0.05) is 31.8 Å². The maximum atomic E-state index is 12.6. The fraction of sp³-hybridized carbons (Fsp3) is 0.357. The predicted octanol–water partition coefficient (Wildman–Crippen LogP) is 3.82. The molecule has 35 heavy (non-hydrogen) atoms. The maximum Gasteiger partial charge on any atom is 0.247 e. The minimum absolute atomic E-state index is 0.0291. The molecule has 1 N–H and O–H groups in total. The highest BCUT2D eigenvalue weighted by atomic mass is 16.5. The molecule has 2 aromatic carbocycles. The van der Waals surface area contributed by atoms with Crippen molar-refractivity contribution >= 4 is 24.0 Å². The van der Waals surface area contributed by atoms with Crippen LogP contribution in [0.15, 0.2) is 60.7 Å². The summed E-state index contributed by atoms with van der Waals surface area (Å²) in [6, 6.07) is 15.2. The van der Waals surface area contributed by atoms with Crippen LogP contribution < -0.4 is 14.8 Å². The molecule has 3 rings (SSSR count). The molecular formula is C28H35N3O4. The van der Waals surface area contributed by atoms with Crippen molar-refractivity contribution in [3.8, 4) is 11.5 Å². The number of carbonyl (C=O) groups is 2. The van der Waals surface area contributed by atoms with Gasteiger partial charge in [-0.15, -0.1) is 0 Å². The molecule has 2 amide bonds. The summed E-state index contributed by atoms with van der Waals surface area (Å²) in [6.45, 7) is 3.95. The van der Waals surface area contributed by atoms with E-state index in [9.17, 15) is 9.59 Å². The van der Waals surface area contributed by atoms with Crippen molar-refractivity contribution in [2.24, 2.45) is 0 Å². The molecule has 0 atom stereocenters. The molecule has 0 radical (unpaired) electrons. The Morgan fingerprint density at radius 1 is 0.857 bits per heavy atom. The van der Waals surface area contributed by atoms with Crippen LogP contribution in [0, 0.1) is 0 Å². The monoisotopic (exact) mass is 477 g/mol. The van der Waals surface area contributed by atoms with E-state index >= 15 is 0 Å². The van der Waals surface area contributed by atoms with E-state index in [4.69, 9.17) is 9.47 Å². The van der Waals surface area contributed by atoms with Crippen molar-refractivity contribution in [1.82, 2.24) is 15.1 Å². The number of benzene rings is 2. The van der Waals surface area contributed by atoms with Crippen LogP contribution >= 0.6 is 0 Å². The third-order valence-electron chi connectivity index (χ3n) is 5.86. The van der Waals surface area contributed by atoms with Crippen LogP contribution in [-0.4, -0.2) is 68.7 Å². The fourth-order valence-corrected chi connectivity index (χ4v) is 3.84. The van der Waals surface area contributed by atoms with Gasteiger partial charge in [-0.3, -0.25) is 14.5 Å². The van der Waals surface area contributed by atoms with Crippen molar-refractivity contribution in [3.05, 3.63) is 71.8 Å². The minimum atomic E-state index is -0.0980. The first-order chi connectivity index (χ1) is 17.1. The number of ether oxygens (including phenoxy) is 2. The predicted molar refractivity (Wildman–Crippen MR) is 139 cm³/mol. The molecule has 2 aromatic rings. The van der Waals surface area contributed by atoms with Gasteiger partial charge in [-0.2, -0.15) is 0 Å². The number of nitrogens with one attached hydrogen (secondary N) is 1. The van der Waals surface area contributed by atoms with E-state index in [0.29, 0.717) is 13.2 Å². The third-order valence-corrected chi connectivity index (χ3v) is 5.86. The summed E-state index contributed by atoms with van der Waals surface area (Å²) in [7, 11) is 3.26. The first kappa shape index (κ1) is 26.0. The Balaban J connectivity index is 1.32. The van der Waals surface area contributed by atoms with Crippen LogP contribution in [0.5, 0.6) is 11.5 Å². The van der Waals surface area contributed by atoms with E-state index < -0.39 is 0 Å². The Morgan fingerprint density at radius 2 is 1.46 bits per heavy atom. The summed E-state index contributed by atoms with van der Waals surface area (Å²) in [4.78, 5) is 28.8. The van der Waals surface area contributed by atoms with Crippen molar-refractivity contribution in [3.63, 3.8) is 0 Å². The largest absolute Gasteiger partial charge is 0.497 e. The van der Waals surface area contributed by atoms with Crippen LogP contribution in [0.3, 0.4) is 0 Å². The molecule has 1 aliphatic rings. The van der Waals surface area contributed by atoms with Gasteiger partial charge >= 0.3 is 0 Å². The highest BCUT2D eigenvalue weighted by Gasteiger charge is 2.19. The SMILES string of the molecule is COc1ccc(/C=C/C(=O)NCCCCN2CCCN(C(=O)/C=C/c3ccc(OC)cc3)C2)cc1. The average molecular weight is 478 g/mol. The summed E-state index contributed by atoms with van der Waals surface area (Å²) >= 11 is 0. The molecule has 1 saturated heterocycles. The van der Waals surface area contributed by atoms with E-state index in [1.165, 1.54) is 0 Å². The Bertz CT molecular complexity index is 1000. The molecule has 0 unspecified atom stereocenters. The second kappa shape index (κ2) is 14.0. The lowest BCUT2D eigenvalue weighted by molar-refractivity contribution is -0.129. The quantitative estimate of drug-likeness (QED) is 0.394. The van der Waals surface area contributed by atoms with Crippen LogP contribution in [0.1, 0.15) is 30.4 Å². The first-order valence-corrected chi connectivity index (χ1v) is 12.0. The minimum Gasteiger partial charge on any atom is -0.497 e. The molecule has 1 heterocycles. The summed E-state index contributed by atoms with van der Waals surface area (Å²) in [5.41, 5.74) is 1.91. The van der Waals surface area contributed by atoms with E-state index in [0.717, 1.165) is 61.5 Å². The Morgan fingerprint density at radius 3 is 2.06 bits per heavy atom. The lowest BCUT2D eigenvalue weighted by Crippen LogP contribution is -2.47. The molecule has 186 valence electrons. The summed E-state index contributed by atoms with van der Waals surface area (Å²) in [5, 5.41) is 2.93. The number of rotatable bonds is 11. The zero-order chi connectivity index (χ0) is 24.9. The Kier molecular flexibility index (Phi) is 10.4. The van der Waals surface area contributed by atoms with Gasteiger partial charge in [-0.05, 0) is 73.4 Å². The molecule has 7 heteroatoms. The average Bonchev–Trinajstić information content (AvgIpc) is 2.91. The third kappa shape index (κ3) is 8.94. The van der Waals surface area contributed by atoms with Gasteiger partial charge in [0.2, 0.25) is 11.8 Å². The zero-order valence-electron chi connectivity index (χ0n) is 20.6. The van der Waals surface area contributed by atoms with Gasteiger partial charge in [-0.25, -0.2) is 0 Å². The van der Waals surface area contributed by atoms with E-state index in [1.807, 2.05) is 59.5 Å². The Labute approximate surface area is 208 Å². The number of hydrogen-bond acceptors (Lipinski definition) is 5. The van der Waals surface area contributed by atoms with Crippen LogP contribution in [0.4, 0.5) is 0 Å². The fourth-order valence-electron chi connectivity index (χ4n) is 3.84. The molecule has 1 aliphatic heterocycles. The van der Waals surface area contributed by atoms with Crippen molar-refractivity contribution in [2.45, 2.75) is 19.3 Å². The number of carbonyl (C=O) groups excluding carboxylic acids is 2. The molecule has 0 aliphatic carbocycles. The lowest BCUT2D eigenvalue weighted by atomic mass is 10.2. The topological polar surface area (TPSA) is 71.1 Å². The van der Waals surface area contributed by atoms with Gasteiger partial charge < -0.3 is 19.7 Å². The highest BCUT2D eigenvalue weighted by Crippen LogP contribution is 2.14.